The minimum Gasteiger partial charge on any atom is -0.396 e. The third-order valence-electron chi connectivity index (χ3n) is 1.88. The number of carbonyl (C=O) groups is 1. The number of nitrogens with one attached hydrogen (secondary N) is 2. The average Bonchev–Trinajstić information content (AvgIpc) is 2.17. The molecule has 0 rings (SSSR count). The molecular formula is C8H18N2O3. The van der Waals surface area contributed by atoms with E-state index in [-0.39, 0.29) is 25.7 Å². The number of aliphatic hydroxyl groups is 2. The molecule has 0 atom stereocenters. The van der Waals surface area contributed by atoms with E-state index in [1.54, 1.807) is 14.0 Å². The SMILES string of the molecule is CNC(=O)CNCC(C)(CO)CO. The zero-order valence-electron chi connectivity index (χ0n) is 8.13. The van der Waals surface area contributed by atoms with Crippen molar-refractivity contribution in [3.8, 4) is 0 Å². The summed E-state index contributed by atoms with van der Waals surface area (Å²) in [7, 11) is 1.56. The van der Waals surface area contributed by atoms with Crippen LogP contribution in [0.5, 0.6) is 0 Å². The Morgan fingerprint density at radius 2 is 1.92 bits per heavy atom. The number of hydrogen-bond acceptors (Lipinski definition) is 4. The van der Waals surface area contributed by atoms with Gasteiger partial charge in [0.1, 0.15) is 0 Å². The van der Waals surface area contributed by atoms with E-state index in [0.717, 1.165) is 0 Å². The van der Waals surface area contributed by atoms with Crippen molar-refractivity contribution in [2.75, 3.05) is 33.4 Å². The van der Waals surface area contributed by atoms with Crippen LogP contribution in [0, 0.1) is 5.41 Å². The van der Waals surface area contributed by atoms with Gasteiger partial charge in [0.05, 0.1) is 19.8 Å². The van der Waals surface area contributed by atoms with Crippen LogP contribution >= 0.6 is 0 Å². The topological polar surface area (TPSA) is 81.6 Å². The Balaban J connectivity index is 3.67. The van der Waals surface area contributed by atoms with Crippen molar-refractivity contribution in [3.05, 3.63) is 0 Å². The highest BCUT2D eigenvalue weighted by Crippen LogP contribution is 2.11. The van der Waals surface area contributed by atoms with Gasteiger partial charge in [-0.15, -0.1) is 0 Å². The van der Waals surface area contributed by atoms with Crippen molar-refractivity contribution < 1.29 is 15.0 Å². The van der Waals surface area contributed by atoms with Crippen LogP contribution in [0.25, 0.3) is 0 Å². The summed E-state index contributed by atoms with van der Waals surface area (Å²) < 4.78 is 0. The third-order valence-corrected chi connectivity index (χ3v) is 1.88. The molecule has 0 heterocycles. The molecule has 0 aliphatic rings. The fourth-order valence-electron chi connectivity index (χ4n) is 0.728. The van der Waals surface area contributed by atoms with Gasteiger partial charge in [-0.1, -0.05) is 6.92 Å². The molecule has 0 aromatic rings. The molecule has 0 saturated carbocycles. The maximum Gasteiger partial charge on any atom is 0.233 e. The number of rotatable bonds is 6. The summed E-state index contributed by atoms with van der Waals surface area (Å²) in [6, 6.07) is 0. The molecule has 4 N–H and O–H groups in total. The molecule has 0 fully saturated rings. The predicted molar refractivity (Wildman–Crippen MR) is 49.2 cm³/mol. The highest BCUT2D eigenvalue weighted by Gasteiger charge is 2.21. The van der Waals surface area contributed by atoms with E-state index in [1.807, 2.05) is 0 Å². The first kappa shape index (κ1) is 12.3. The number of carbonyl (C=O) groups excluding carboxylic acids is 1. The molecule has 0 saturated heterocycles. The molecule has 5 nitrogen and oxygen atoms in total. The molecule has 0 aliphatic heterocycles. The lowest BCUT2D eigenvalue weighted by molar-refractivity contribution is -0.119. The van der Waals surface area contributed by atoms with Gasteiger partial charge in [-0.25, -0.2) is 0 Å². The highest BCUT2D eigenvalue weighted by molar-refractivity contribution is 5.77. The Kier molecular flexibility index (Phi) is 5.61. The quantitative estimate of drug-likeness (QED) is 0.403. The molecule has 0 aliphatic carbocycles. The second-order valence-electron chi connectivity index (χ2n) is 3.40. The zero-order chi connectivity index (χ0) is 10.3. The lowest BCUT2D eigenvalue weighted by atomic mass is 9.93. The number of hydrogen-bond donors (Lipinski definition) is 4. The van der Waals surface area contributed by atoms with Crippen molar-refractivity contribution in [2.45, 2.75) is 6.92 Å². The van der Waals surface area contributed by atoms with Gasteiger partial charge < -0.3 is 20.8 Å². The Labute approximate surface area is 78.1 Å². The van der Waals surface area contributed by atoms with E-state index in [2.05, 4.69) is 10.6 Å². The molecule has 0 bridgehead atoms. The minimum absolute atomic E-state index is 0.107. The van der Waals surface area contributed by atoms with Crippen molar-refractivity contribution >= 4 is 5.91 Å². The fraction of sp³-hybridized carbons (Fsp3) is 0.875. The second-order valence-corrected chi connectivity index (χ2v) is 3.40. The maximum atomic E-state index is 10.8. The van der Waals surface area contributed by atoms with E-state index in [1.165, 1.54) is 0 Å². The molecule has 0 radical (unpaired) electrons. The van der Waals surface area contributed by atoms with Crippen LogP contribution in [0.15, 0.2) is 0 Å². The molecule has 0 unspecified atom stereocenters. The Bertz CT molecular complexity index is 157. The molecule has 1 amide bonds. The summed E-state index contributed by atoms with van der Waals surface area (Å²) in [4.78, 5) is 10.8. The summed E-state index contributed by atoms with van der Waals surface area (Å²) >= 11 is 0. The van der Waals surface area contributed by atoms with Crippen LogP contribution in [0.1, 0.15) is 6.92 Å². The third kappa shape index (κ3) is 4.82. The molecule has 13 heavy (non-hydrogen) atoms. The van der Waals surface area contributed by atoms with Gasteiger partial charge in [-0.05, 0) is 0 Å². The van der Waals surface area contributed by atoms with Crippen molar-refractivity contribution in [1.82, 2.24) is 10.6 Å². The average molecular weight is 190 g/mol. The lowest BCUT2D eigenvalue weighted by Gasteiger charge is -2.24. The number of amides is 1. The summed E-state index contributed by atoms with van der Waals surface area (Å²) in [5.74, 6) is -0.113. The normalized spacial score (nSPS) is 11.4. The van der Waals surface area contributed by atoms with E-state index < -0.39 is 5.41 Å². The first-order valence-electron chi connectivity index (χ1n) is 4.21. The summed E-state index contributed by atoms with van der Waals surface area (Å²) in [5.41, 5.74) is -0.561. The summed E-state index contributed by atoms with van der Waals surface area (Å²) in [6.07, 6.45) is 0. The van der Waals surface area contributed by atoms with Crippen LogP contribution in [0.4, 0.5) is 0 Å². The van der Waals surface area contributed by atoms with Crippen LogP contribution in [0.3, 0.4) is 0 Å². The Morgan fingerprint density at radius 3 is 2.31 bits per heavy atom. The zero-order valence-corrected chi connectivity index (χ0v) is 8.13. The number of aliphatic hydroxyl groups excluding tert-OH is 2. The van der Waals surface area contributed by atoms with Crippen LogP contribution in [-0.4, -0.2) is 49.5 Å². The monoisotopic (exact) mass is 190 g/mol. The fourth-order valence-corrected chi connectivity index (χ4v) is 0.728. The van der Waals surface area contributed by atoms with E-state index in [9.17, 15) is 4.79 Å². The van der Waals surface area contributed by atoms with Gasteiger partial charge in [0.2, 0.25) is 5.91 Å². The summed E-state index contributed by atoms with van der Waals surface area (Å²) in [6.45, 7) is 2.14. The van der Waals surface area contributed by atoms with Gasteiger partial charge in [0, 0.05) is 19.0 Å². The van der Waals surface area contributed by atoms with Gasteiger partial charge in [0.15, 0.2) is 0 Å². The van der Waals surface area contributed by atoms with Crippen molar-refractivity contribution in [2.24, 2.45) is 5.41 Å². The molecule has 0 spiro atoms. The first-order chi connectivity index (χ1) is 6.08. The highest BCUT2D eigenvalue weighted by atomic mass is 16.3. The Morgan fingerprint density at radius 1 is 1.38 bits per heavy atom. The predicted octanol–water partition coefficient (Wildman–Crippen LogP) is -1.69. The minimum atomic E-state index is -0.561. The lowest BCUT2D eigenvalue weighted by Crippen LogP contribution is -2.41. The molecule has 0 aromatic heterocycles. The number of likely N-dealkylation sites (N-methyl/N-ethyl adjacent to an activating group) is 1. The van der Waals surface area contributed by atoms with Gasteiger partial charge in [-0.3, -0.25) is 4.79 Å². The van der Waals surface area contributed by atoms with Crippen molar-refractivity contribution in [1.29, 1.82) is 0 Å². The summed E-state index contributed by atoms with van der Waals surface area (Å²) in [5, 5.41) is 23.1. The van der Waals surface area contributed by atoms with Crippen LogP contribution < -0.4 is 10.6 Å². The first-order valence-corrected chi connectivity index (χ1v) is 4.21. The van der Waals surface area contributed by atoms with Gasteiger partial charge in [-0.2, -0.15) is 0 Å². The van der Waals surface area contributed by atoms with E-state index in [4.69, 9.17) is 10.2 Å². The van der Waals surface area contributed by atoms with Crippen molar-refractivity contribution in [3.63, 3.8) is 0 Å². The van der Waals surface area contributed by atoms with Crippen LogP contribution in [-0.2, 0) is 4.79 Å². The smallest absolute Gasteiger partial charge is 0.233 e. The van der Waals surface area contributed by atoms with Gasteiger partial charge in [0.25, 0.3) is 0 Å². The van der Waals surface area contributed by atoms with Crippen LogP contribution in [0.2, 0.25) is 0 Å². The van der Waals surface area contributed by atoms with E-state index in [0.29, 0.717) is 6.54 Å². The van der Waals surface area contributed by atoms with E-state index >= 15 is 0 Å². The molecule has 0 aromatic carbocycles. The largest absolute Gasteiger partial charge is 0.396 e. The molecular weight excluding hydrogens is 172 g/mol. The maximum absolute atomic E-state index is 10.8. The Hall–Kier alpha value is -0.650. The second kappa shape index (κ2) is 5.90. The molecule has 78 valence electrons. The molecule has 5 heteroatoms. The standard InChI is InChI=1S/C8H18N2O3/c1-8(5-11,6-12)4-10-3-7(13)9-2/h10-12H,3-6H2,1-2H3,(H,9,13). The van der Waals surface area contributed by atoms with Gasteiger partial charge >= 0.3 is 0 Å².